The van der Waals surface area contributed by atoms with Crippen molar-refractivity contribution in [2.24, 2.45) is 5.41 Å². The third kappa shape index (κ3) is 3.30. The van der Waals surface area contributed by atoms with Crippen molar-refractivity contribution in [2.75, 3.05) is 13.7 Å². The van der Waals surface area contributed by atoms with Crippen molar-refractivity contribution in [2.45, 2.75) is 34.2 Å². The number of H-pyrrole nitrogens is 1. The van der Waals surface area contributed by atoms with E-state index in [1.54, 1.807) is 7.11 Å². The van der Waals surface area contributed by atoms with Crippen LogP contribution in [0, 0.1) is 19.3 Å². The van der Waals surface area contributed by atoms with Gasteiger partial charge >= 0.3 is 0 Å². The van der Waals surface area contributed by atoms with Gasteiger partial charge in [0.15, 0.2) is 0 Å². The minimum atomic E-state index is -0.514. The van der Waals surface area contributed by atoms with Gasteiger partial charge in [-0.05, 0) is 27.7 Å². The van der Waals surface area contributed by atoms with E-state index in [0.29, 0.717) is 13.2 Å². The maximum Gasteiger partial charge on any atom is 0.228 e. The number of amides is 1. The van der Waals surface area contributed by atoms with Gasteiger partial charge in [-0.1, -0.05) is 0 Å². The molecule has 1 rings (SSSR count). The molecular formula is C12H21N3O2. The molecule has 0 fully saturated rings. The van der Waals surface area contributed by atoms with Crippen molar-refractivity contribution in [1.82, 2.24) is 15.5 Å². The summed E-state index contributed by atoms with van der Waals surface area (Å²) in [7, 11) is 1.60. The lowest BCUT2D eigenvalue weighted by Gasteiger charge is -2.22. The summed E-state index contributed by atoms with van der Waals surface area (Å²) in [5.41, 5.74) is 2.45. The fourth-order valence-corrected chi connectivity index (χ4v) is 1.67. The van der Waals surface area contributed by atoms with Gasteiger partial charge in [0.1, 0.15) is 0 Å². The molecule has 1 aromatic heterocycles. The molecule has 0 unspecified atom stereocenters. The van der Waals surface area contributed by atoms with Gasteiger partial charge in [0.25, 0.3) is 0 Å². The molecule has 0 aromatic carbocycles. The van der Waals surface area contributed by atoms with Crippen LogP contribution in [0.5, 0.6) is 0 Å². The first kappa shape index (κ1) is 13.7. The largest absolute Gasteiger partial charge is 0.384 e. The topological polar surface area (TPSA) is 67.0 Å². The van der Waals surface area contributed by atoms with Crippen LogP contribution in [0.1, 0.15) is 30.8 Å². The zero-order valence-corrected chi connectivity index (χ0v) is 11.2. The highest BCUT2D eigenvalue weighted by Crippen LogP contribution is 2.16. The van der Waals surface area contributed by atoms with Crippen LogP contribution in [-0.4, -0.2) is 29.8 Å². The smallest absolute Gasteiger partial charge is 0.228 e. The van der Waals surface area contributed by atoms with Gasteiger partial charge < -0.3 is 10.1 Å². The zero-order chi connectivity index (χ0) is 13.1. The molecule has 2 N–H and O–H groups in total. The van der Waals surface area contributed by atoms with Crippen molar-refractivity contribution < 1.29 is 9.53 Å². The number of rotatable bonds is 5. The first-order chi connectivity index (χ1) is 7.88. The van der Waals surface area contributed by atoms with Crippen LogP contribution < -0.4 is 5.32 Å². The maximum absolute atomic E-state index is 12.0. The number of nitrogens with zero attached hydrogens (tertiary/aromatic N) is 1. The number of aromatic amines is 1. The molecule has 0 bridgehead atoms. The summed E-state index contributed by atoms with van der Waals surface area (Å²) in [6.07, 6.45) is 0. The molecule has 0 saturated heterocycles. The van der Waals surface area contributed by atoms with E-state index < -0.39 is 5.41 Å². The van der Waals surface area contributed by atoms with Crippen LogP contribution in [0.4, 0.5) is 0 Å². The summed E-state index contributed by atoms with van der Waals surface area (Å²) in [5, 5.41) is 9.90. The molecule has 0 aliphatic rings. The molecule has 0 aliphatic carbocycles. The summed E-state index contributed by atoms with van der Waals surface area (Å²) < 4.78 is 5.03. The van der Waals surface area contributed by atoms with Crippen molar-refractivity contribution in [3.05, 3.63) is 17.0 Å². The molecule has 1 aromatic rings. The van der Waals surface area contributed by atoms with Gasteiger partial charge in [-0.2, -0.15) is 5.10 Å². The maximum atomic E-state index is 12.0. The Kier molecular flexibility index (Phi) is 4.28. The quantitative estimate of drug-likeness (QED) is 0.814. The lowest BCUT2D eigenvalue weighted by atomic mass is 9.93. The van der Waals surface area contributed by atoms with E-state index in [0.717, 1.165) is 17.0 Å². The van der Waals surface area contributed by atoms with Crippen molar-refractivity contribution in [3.63, 3.8) is 0 Å². The third-order valence-corrected chi connectivity index (χ3v) is 2.83. The molecule has 5 nitrogen and oxygen atoms in total. The molecule has 5 heteroatoms. The van der Waals surface area contributed by atoms with Crippen LogP contribution >= 0.6 is 0 Å². The first-order valence-electron chi connectivity index (χ1n) is 5.66. The number of carbonyl (C=O) groups excluding carboxylic acids is 1. The molecule has 0 radical (unpaired) electrons. The molecule has 17 heavy (non-hydrogen) atoms. The van der Waals surface area contributed by atoms with Crippen molar-refractivity contribution >= 4 is 5.91 Å². The Bertz CT molecular complexity index is 377. The monoisotopic (exact) mass is 239 g/mol. The number of hydrogen-bond acceptors (Lipinski definition) is 3. The summed E-state index contributed by atoms with van der Waals surface area (Å²) in [6.45, 7) is 8.50. The van der Waals surface area contributed by atoms with E-state index in [1.807, 2.05) is 27.7 Å². The summed E-state index contributed by atoms with van der Waals surface area (Å²) in [4.78, 5) is 12.0. The van der Waals surface area contributed by atoms with Gasteiger partial charge in [0.2, 0.25) is 5.91 Å². The Labute approximate surface area is 102 Å². The number of carbonyl (C=O) groups is 1. The molecule has 0 spiro atoms. The van der Waals surface area contributed by atoms with Crippen LogP contribution in [0.15, 0.2) is 0 Å². The Morgan fingerprint density at radius 1 is 1.47 bits per heavy atom. The average Bonchev–Trinajstić information content (AvgIpc) is 2.55. The number of ether oxygens (including phenoxy) is 1. The highest BCUT2D eigenvalue weighted by molar-refractivity contribution is 5.81. The Balaban J connectivity index is 2.60. The van der Waals surface area contributed by atoms with Crippen LogP contribution in [0.25, 0.3) is 0 Å². The van der Waals surface area contributed by atoms with E-state index in [4.69, 9.17) is 4.74 Å². The van der Waals surface area contributed by atoms with Gasteiger partial charge in [0, 0.05) is 24.9 Å². The Morgan fingerprint density at radius 3 is 2.59 bits per heavy atom. The lowest BCUT2D eigenvalue weighted by molar-refractivity contribution is -0.132. The van der Waals surface area contributed by atoms with Crippen LogP contribution in [0.2, 0.25) is 0 Å². The van der Waals surface area contributed by atoms with Crippen LogP contribution in [0.3, 0.4) is 0 Å². The van der Waals surface area contributed by atoms with E-state index in [2.05, 4.69) is 15.5 Å². The second-order valence-electron chi connectivity index (χ2n) is 4.91. The SMILES string of the molecule is COCC(C)(C)C(=O)NCc1c(C)n[nH]c1C. The van der Waals surface area contributed by atoms with Gasteiger partial charge in [-0.15, -0.1) is 0 Å². The Morgan fingerprint density at radius 2 is 2.12 bits per heavy atom. The molecule has 96 valence electrons. The normalized spacial score (nSPS) is 11.6. The van der Waals surface area contributed by atoms with Gasteiger partial charge in [-0.3, -0.25) is 9.89 Å². The van der Waals surface area contributed by atoms with E-state index in [9.17, 15) is 4.79 Å². The second kappa shape index (κ2) is 5.31. The minimum Gasteiger partial charge on any atom is -0.384 e. The molecule has 0 saturated carbocycles. The fraction of sp³-hybridized carbons (Fsp3) is 0.667. The van der Waals surface area contributed by atoms with Crippen LogP contribution in [-0.2, 0) is 16.1 Å². The number of methoxy groups -OCH3 is 1. The minimum absolute atomic E-state index is 0.0145. The average molecular weight is 239 g/mol. The number of hydrogen-bond donors (Lipinski definition) is 2. The zero-order valence-electron chi connectivity index (χ0n) is 11.2. The summed E-state index contributed by atoms with van der Waals surface area (Å²) >= 11 is 0. The standard InChI is InChI=1S/C12H21N3O2/c1-8-10(9(2)15-14-8)6-13-11(16)12(3,4)7-17-5/h6-7H2,1-5H3,(H,13,16)(H,14,15). The van der Waals surface area contributed by atoms with Gasteiger partial charge in [-0.25, -0.2) is 0 Å². The highest BCUT2D eigenvalue weighted by atomic mass is 16.5. The molecular weight excluding hydrogens is 218 g/mol. The second-order valence-corrected chi connectivity index (χ2v) is 4.91. The summed E-state index contributed by atoms with van der Waals surface area (Å²) in [6, 6.07) is 0. The predicted molar refractivity (Wildman–Crippen MR) is 65.6 cm³/mol. The lowest BCUT2D eigenvalue weighted by Crippen LogP contribution is -2.39. The molecule has 0 atom stereocenters. The number of aryl methyl sites for hydroxylation is 2. The molecule has 0 aliphatic heterocycles. The number of aromatic nitrogens is 2. The molecule has 1 amide bonds. The first-order valence-corrected chi connectivity index (χ1v) is 5.66. The van der Waals surface area contributed by atoms with Gasteiger partial charge in [0.05, 0.1) is 17.7 Å². The van der Waals surface area contributed by atoms with E-state index >= 15 is 0 Å². The summed E-state index contributed by atoms with van der Waals surface area (Å²) in [5.74, 6) is -0.0145. The van der Waals surface area contributed by atoms with E-state index in [-0.39, 0.29) is 5.91 Å². The Hall–Kier alpha value is -1.36. The predicted octanol–water partition coefficient (Wildman–Crippen LogP) is 1.32. The number of nitrogens with one attached hydrogen (secondary N) is 2. The molecule has 1 heterocycles. The van der Waals surface area contributed by atoms with E-state index in [1.165, 1.54) is 0 Å². The third-order valence-electron chi connectivity index (χ3n) is 2.83. The van der Waals surface area contributed by atoms with Crippen molar-refractivity contribution in [1.29, 1.82) is 0 Å². The highest BCUT2D eigenvalue weighted by Gasteiger charge is 2.27. The van der Waals surface area contributed by atoms with Crippen molar-refractivity contribution in [3.8, 4) is 0 Å². The fourth-order valence-electron chi connectivity index (χ4n) is 1.67.